The molecule has 7 nitrogen and oxygen atoms in total. The van der Waals surface area contributed by atoms with Crippen LogP contribution in [0.25, 0.3) is 0 Å². The molecule has 0 aliphatic rings. The molecule has 0 fully saturated rings. The van der Waals surface area contributed by atoms with Crippen molar-refractivity contribution in [2.75, 3.05) is 20.7 Å². The van der Waals surface area contributed by atoms with Crippen LogP contribution in [-0.4, -0.2) is 36.7 Å². The zero-order valence-corrected chi connectivity index (χ0v) is 9.57. The van der Waals surface area contributed by atoms with Crippen LogP contribution in [0, 0.1) is 5.21 Å². The van der Waals surface area contributed by atoms with Crippen molar-refractivity contribution in [2.45, 2.75) is 0 Å². The number of carbonyl (C=O) groups is 1. The maximum Gasteiger partial charge on any atom is 0.352 e. The van der Waals surface area contributed by atoms with Crippen LogP contribution < -0.4 is 4.74 Å². The molecule has 1 aromatic rings. The molecule has 0 unspecified atom stereocenters. The van der Waals surface area contributed by atoms with Crippen LogP contribution in [0.3, 0.4) is 0 Å². The third kappa shape index (κ3) is 4.83. The number of carbonyl (C=O) groups excluding carboxylic acids is 1. The van der Waals surface area contributed by atoms with Gasteiger partial charge < -0.3 is 14.8 Å². The Morgan fingerprint density at radius 2 is 2.06 bits per heavy atom. The van der Waals surface area contributed by atoms with E-state index in [4.69, 9.17) is 4.74 Å². The molecule has 0 bridgehead atoms. The molecule has 92 valence electrons. The van der Waals surface area contributed by atoms with Crippen molar-refractivity contribution in [3.05, 3.63) is 35.5 Å². The van der Waals surface area contributed by atoms with E-state index in [1.165, 1.54) is 14.1 Å². The van der Waals surface area contributed by atoms with Crippen LogP contribution in [0.4, 0.5) is 0 Å². The highest BCUT2D eigenvalue weighted by atomic mass is 16.7. The van der Waals surface area contributed by atoms with Crippen molar-refractivity contribution >= 4 is 5.97 Å². The predicted octanol–water partition coefficient (Wildman–Crippen LogP) is 0.963. The lowest BCUT2D eigenvalue weighted by atomic mass is 10.3. The highest BCUT2D eigenvalue weighted by Crippen LogP contribution is 2.08. The highest BCUT2D eigenvalue weighted by Gasteiger charge is 2.06. The van der Waals surface area contributed by atoms with Gasteiger partial charge in [0.15, 0.2) is 0 Å². The number of esters is 1. The van der Waals surface area contributed by atoms with Gasteiger partial charge in [-0.15, -0.1) is 0 Å². The Bertz CT molecular complexity index is 392. The Hall–Kier alpha value is -2.31. The van der Waals surface area contributed by atoms with Crippen molar-refractivity contribution < 1.29 is 19.3 Å². The average Bonchev–Trinajstić information content (AvgIpc) is 2.30. The fourth-order valence-corrected chi connectivity index (χ4v) is 0.853. The van der Waals surface area contributed by atoms with Crippen molar-refractivity contribution in [1.82, 2.24) is 5.01 Å². The van der Waals surface area contributed by atoms with E-state index in [0.29, 0.717) is 5.75 Å². The van der Waals surface area contributed by atoms with Crippen LogP contribution in [0.1, 0.15) is 0 Å². The summed E-state index contributed by atoms with van der Waals surface area (Å²) in [5, 5.41) is 15.1. The zero-order valence-electron chi connectivity index (χ0n) is 9.57. The summed E-state index contributed by atoms with van der Waals surface area (Å²) in [4.78, 5) is 15.9. The molecule has 17 heavy (non-hydrogen) atoms. The van der Waals surface area contributed by atoms with Gasteiger partial charge in [-0.3, -0.25) is 0 Å². The summed E-state index contributed by atoms with van der Waals surface area (Å²) >= 11 is 0. The van der Waals surface area contributed by atoms with Gasteiger partial charge in [0.25, 0.3) is 0 Å². The van der Waals surface area contributed by atoms with E-state index in [-0.39, 0.29) is 4.97 Å². The first kappa shape index (κ1) is 12.8. The number of ether oxygens (including phenoxy) is 1. The topological polar surface area (TPSA) is 77.2 Å². The molecule has 0 saturated heterocycles. The quantitative estimate of drug-likeness (QED) is 0.251. The van der Waals surface area contributed by atoms with Crippen LogP contribution >= 0.6 is 0 Å². The highest BCUT2D eigenvalue weighted by molar-refractivity contribution is 5.73. The molecule has 7 heteroatoms. The van der Waals surface area contributed by atoms with E-state index >= 15 is 0 Å². The summed E-state index contributed by atoms with van der Waals surface area (Å²) in [6.45, 7) is -0.429. The monoisotopic (exact) mass is 239 g/mol. The molecular formula is C10H13N3O4. The van der Waals surface area contributed by atoms with E-state index in [2.05, 4.69) is 10.1 Å². The number of benzene rings is 1. The van der Waals surface area contributed by atoms with Crippen LogP contribution in [0.15, 0.2) is 35.6 Å². The number of hydrogen-bond acceptors (Lipinski definition) is 5. The number of rotatable bonds is 5. The van der Waals surface area contributed by atoms with Gasteiger partial charge in [0.05, 0.1) is 19.1 Å². The first-order chi connectivity index (χ1) is 8.09. The number of hydrogen-bond donors (Lipinski definition) is 0. The zero-order chi connectivity index (χ0) is 12.7. The van der Waals surface area contributed by atoms with Gasteiger partial charge in [-0.25, -0.2) is 4.79 Å². The third-order valence-electron chi connectivity index (χ3n) is 1.63. The van der Waals surface area contributed by atoms with Gasteiger partial charge in [0, 0.05) is 0 Å². The second-order valence-corrected chi connectivity index (χ2v) is 3.24. The molecule has 0 saturated carbocycles. The molecule has 0 spiro atoms. The Kier molecular flexibility index (Phi) is 4.74. The van der Waals surface area contributed by atoms with Gasteiger partial charge in [0.1, 0.15) is 5.75 Å². The fraction of sp³-hybridized carbons (Fsp3) is 0.300. The van der Waals surface area contributed by atoms with Crippen molar-refractivity contribution in [1.29, 1.82) is 0 Å². The normalized spacial score (nSPS) is 10.8. The second-order valence-electron chi connectivity index (χ2n) is 3.24. The smallest absolute Gasteiger partial charge is 0.352 e. The predicted molar refractivity (Wildman–Crippen MR) is 57.8 cm³/mol. The Balaban J connectivity index is 2.34. The Morgan fingerprint density at radius 3 is 2.65 bits per heavy atom. The molecule has 0 N–H and O–H groups in total. The number of hydrazine groups is 1. The molecule has 1 rings (SSSR count). The average molecular weight is 239 g/mol. The fourth-order valence-electron chi connectivity index (χ4n) is 0.853. The molecule has 0 aliphatic heterocycles. The van der Waals surface area contributed by atoms with Crippen molar-refractivity contribution in [2.24, 2.45) is 5.28 Å². The summed E-state index contributed by atoms with van der Waals surface area (Å²) in [6, 6.07) is 8.54. The Labute approximate surface area is 98.4 Å². The lowest BCUT2D eigenvalue weighted by molar-refractivity contribution is -0.699. The van der Waals surface area contributed by atoms with E-state index in [9.17, 15) is 10.0 Å². The SMILES string of the molecule is CN(C)[N+]([O-])=NOCC(=O)Oc1ccccc1. The van der Waals surface area contributed by atoms with E-state index in [1.54, 1.807) is 30.3 Å². The molecule has 1 aromatic carbocycles. The molecule has 0 atom stereocenters. The second kappa shape index (κ2) is 6.31. The lowest BCUT2D eigenvalue weighted by Gasteiger charge is -2.05. The molecular weight excluding hydrogens is 226 g/mol. The summed E-state index contributed by atoms with van der Waals surface area (Å²) in [5.74, 6) is -0.222. The Morgan fingerprint density at radius 1 is 1.41 bits per heavy atom. The van der Waals surface area contributed by atoms with Crippen molar-refractivity contribution in [3.63, 3.8) is 0 Å². The van der Waals surface area contributed by atoms with E-state index in [0.717, 1.165) is 5.01 Å². The van der Waals surface area contributed by atoms with E-state index in [1.807, 2.05) is 0 Å². The third-order valence-corrected chi connectivity index (χ3v) is 1.63. The van der Waals surface area contributed by atoms with Gasteiger partial charge in [0.2, 0.25) is 11.9 Å². The maximum atomic E-state index is 11.2. The van der Waals surface area contributed by atoms with Crippen molar-refractivity contribution in [3.8, 4) is 5.75 Å². The van der Waals surface area contributed by atoms with Gasteiger partial charge in [-0.05, 0) is 12.1 Å². The molecule has 0 radical (unpaired) electrons. The molecule has 0 aliphatic carbocycles. The molecule has 0 amide bonds. The maximum absolute atomic E-state index is 11.2. The first-order valence-electron chi connectivity index (χ1n) is 4.82. The first-order valence-corrected chi connectivity index (χ1v) is 4.82. The minimum atomic E-state index is -0.632. The van der Waals surface area contributed by atoms with Gasteiger partial charge in [-0.2, -0.15) is 5.01 Å². The van der Waals surface area contributed by atoms with E-state index < -0.39 is 12.6 Å². The molecule has 0 heterocycles. The summed E-state index contributed by atoms with van der Waals surface area (Å²) in [6.07, 6.45) is 0. The summed E-state index contributed by atoms with van der Waals surface area (Å²) in [7, 11) is 2.98. The minimum Gasteiger partial charge on any atom is -0.569 e. The van der Waals surface area contributed by atoms with Crippen LogP contribution in [0.5, 0.6) is 5.75 Å². The molecule has 0 aromatic heterocycles. The number of para-hydroxylation sites is 1. The summed E-state index contributed by atoms with van der Waals surface area (Å²) < 4.78 is 4.90. The standard InChI is InChI=1S/C10H13N3O4/c1-12(2)13(15)11-16-8-10(14)17-9-6-4-3-5-7-9/h3-7H,8H2,1-2H3. The lowest BCUT2D eigenvalue weighted by Crippen LogP contribution is -2.22. The summed E-state index contributed by atoms with van der Waals surface area (Å²) in [5.41, 5.74) is 0. The minimum absolute atomic E-state index is 0.204. The van der Waals surface area contributed by atoms with Crippen LogP contribution in [-0.2, 0) is 9.63 Å². The van der Waals surface area contributed by atoms with Gasteiger partial charge in [-0.1, -0.05) is 18.2 Å². The van der Waals surface area contributed by atoms with Gasteiger partial charge >= 0.3 is 5.97 Å². The van der Waals surface area contributed by atoms with Crippen LogP contribution in [0.2, 0.25) is 0 Å². The number of nitrogens with zero attached hydrogens (tertiary/aromatic N) is 3. The largest absolute Gasteiger partial charge is 0.569 e.